The van der Waals surface area contributed by atoms with Crippen LogP contribution in [0.25, 0.3) is 0 Å². The Labute approximate surface area is 148 Å². The SMILES string of the molecule is COC(=O)CN1CCCn2nc(CCC(=O)NC3CCCC3)cc2C1. The fourth-order valence-corrected chi connectivity index (χ4v) is 3.70. The average Bonchev–Trinajstić information content (AvgIpc) is 3.19. The van der Waals surface area contributed by atoms with Crippen molar-refractivity contribution in [3.05, 3.63) is 17.5 Å². The molecule has 1 amide bonds. The quantitative estimate of drug-likeness (QED) is 0.783. The number of nitrogens with one attached hydrogen (secondary N) is 1. The second-order valence-electron chi connectivity index (χ2n) is 7.04. The zero-order chi connectivity index (χ0) is 17.6. The highest BCUT2D eigenvalue weighted by Crippen LogP contribution is 2.18. The third-order valence-electron chi connectivity index (χ3n) is 5.05. The predicted octanol–water partition coefficient (Wildman–Crippen LogP) is 1.25. The topological polar surface area (TPSA) is 76.5 Å². The molecule has 2 aliphatic rings. The summed E-state index contributed by atoms with van der Waals surface area (Å²) in [6, 6.07) is 2.44. The Kier molecular flexibility index (Phi) is 6.07. The number of ether oxygens (including phenoxy) is 1. The number of fused-ring (bicyclic) bond motifs is 1. The molecule has 7 nitrogen and oxygen atoms in total. The van der Waals surface area contributed by atoms with Crippen LogP contribution >= 0.6 is 0 Å². The van der Waals surface area contributed by atoms with E-state index in [9.17, 15) is 9.59 Å². The average molecular weight is 348 g/mol. The molecular weight excluding hydrogens is 320 g/mol. The first-order valence-electron chi connectivity index (χ1n) is 9.28. The van der Waals surface area contributed by atoms with E-state index in [0.717, 1.165) is 43.7 Å². The third kappa shape index (κ3) is 5.04. The van der Waals surface area contributed by atoms with Crippen molar-refractivity contribution in [2.45, 2.75) is 64.1 Å². The Morgan fingerprint density at radius 3 is 2.84 bits per heavy atom. The number of aryl methyl sites for hydroxylation is 2. The van der Waals surface area contributed by atoms with E-state index in [1.165, 1.54) is 20.0 Å². The van der Waals surface area contributed by atoms with Gasteiger partial charge in [0.2, 0.25) is 5.91 Å². The second-order valence-corrected chi connectivity index (χ2v) is 7.04. The first-order valence-corrected chi connectivity index (χ1v) is 9.28. The van der Waals surface area contributed by atoms with Crippen molar-refractivity contribution in [2.24, 2.45) is 0 Å². The summed E-state index contributed by atoms with van der Waals surface area (Å²) in [5.74, 6) is -0.0841. The van der Waals surface area contributed by atoms with Gasteiger partial charge in [0.25, 0.3) is 0 Å². The summed E-state index contributed by atoms with van der Waals surface area (Å²) >= 11 is 0. The van der Waals surface area contributed by atoms with Gasteiger partial charge in [0.1, 0.15) is 0 Å². The van der Waals surface area contributed by atoms with E-state index >= 15 is 0 Å². The minimum atomic E-state index is -0.211. The molecule has 1 N–H and O–H groups in total. The van der Waals surface area contributed by atoms with Crippen molar-refractivity contribution in [2.75, 3.05) is 20.2 Å². The van der Waals surface area contributed by atoms with Gasteiger partial charge in [0.05, 0.1) is 25.0 Å². The number of methoxy groups -OCH3 is 1. The van der Waals surface area contributed by atoms with Crippen molar-refractivity contribution in [1.82, 2.24) is 20.0 Å². The van der Waals surface area contributed by atoms with Crippen LogP contribution in [0.1, 0.15) is 49.9 Å². The van der Waals surface area contributed by atoms with Gasteiger partial charge in [0.15, 0.2) is 0 Å². The van der Waals surface area contributed by atoms with Gasteiger partial charge in [-0.25, -0.2) is 0 Å². The number of carbonyl (C=O) groups is 2. The number of hydrogen-bond donors (Lipinski definition) is 1. The minimum absolute atomic E-state index is 0.127. The van der Waals surface area contributed by atoms with Crippen LogP contribution in [0.3, 0.4) is 0 Å². The summed E-state index contributed by atoms with van der Waals surface area (Å²) < 4.78 is 6.77. The molecule has 138 valence electrons. The molecule has 0 aromatic carbocycles. The zero-order valence-corrected chi connectivity index (χ0v) is 15.0. The van der Waals surface area contributed by atoms with E-state index in [1.54, 1.807) is 0 Å². The van der Waals surface area contributed by atoms with Crippen LogP contribution in [0, 0.1) is 0 Å². The maximum Gasteiger partial charge on any atom is 0.319 e. The molecule has 1 aromatic rings. The summed E-state index contributed by atoms with van der Waals surface area (Å²) in [4.78, 5) is 25.7. The third-order valence-corrected chi connectivity index (χ3v) is 5.05. The monoisotopic (exact) mass is 348 g/mol. The highest BCUT2D eigenvalue weighted by atomic mass is 16.5. The van der Waals surface area contributed by atoms with Gasteiger partial charge in [-0.05, 0) is 25.3 Å². The van der Waals surface area contributed by atoms with Gasteiger partial charge in [-0.2, -0.15) is 5.10 Å². The number of hydrogen-bond acceptors (Lipinski definition) is 5. The molecule has 1 aliphatic carbocycles. The lowest BCUT2D eigenvalue weighted by molar-refractivity contribution is -0.142. The lowest BCUT2D eigenvalue weighted by Gasteiger charge is -2.17. The largest absolute Gasteiger partial charge is 0.468 e. The van der Waals surface area contributed by atoms with Crippen LogP contribution in [0.5, 0.6) is 0 Å². The van der Waals surface area contributed by atoms with Crippen LogP contribution in [-0.2, 0) is 33.8 Å². The van der Waals surface area contributed by atoms with Crippen LogP contribution < -0.4 is 5.32 Å². The minimum Gasteiger partial charge on any atom is -0.468 e. The Balaban J connectivity index is 1.52. The molecule has 1 aromatic heterocycles. The van der Waals surface area contributed by atoms with Crippen LogP contribution in [0.2, 0.25) is 0 Å². The summed E-state index contributed by atoms with van der Waals surface area (Å²) in [5, 5.41) is 7.76. The molecule has 0 radical (unpaired) electrons. The molecule has 0 bridgehead atoms. The number of amides is 1. The van der Waals surface area contributed by atoms with Gasteiger partial charge < -0.3 is 10.1 Å². The molecule has 0 atom stereocenters. The molecule has 25 heavy (non-hydrogen) atoms. The van der Waals surface area contributed by atoms with Crippen molar-refractivity contribution >= 4 is 11.9 Å². The molecule has 3 rings (SSSR count). The normalized spacial score (nSPS) is 18.6. The molecule has 1 saturated carbocycles. The molecule has 0 unspecified atom stereocenters. The van der Waals surface area contributed by atoms with E-state index in [1.807, 2.05) is 4.68 Å². The summed E-state index contributed by atoms with van der Waals surface area (Å²) in [7, 11) is 1.42. The van der Waals surface area contributed by atoms with Crippen LogP contribution in [0.15, 0.2) is 6.07 Å². The first-order chi connectivity index (χ1) is 12.1. The fourth-order valence-electron chi connectivity index (χ4n) is 3.70. The number of aromatic nitrogens is 2. The van der Waals surface area contributed by atoms with Crippen molar-refractivity contribution in [3.63, 3.8) is 0 Å². The Bertz CT molecular complexity index is 607. The molecule has 0 saturated heterocycles. The maximum atomic E-state index is 12.1. The van der Waals surface area contributed by atoms with Crippen LogP contribution in [-0.4, -0.2) is 52.8 Å². The van der Waals surface area contributed by atoms with Gasteiger partial charge in [-0.15, -0.1) is 0 Å². The van der Waals surface area contributed by atoms with Gasteiger partial charge >= 0.3 is 5.97 Å². The molecular formula is C18H28N4O3. The lowest BCUT2D eigenvalue weighted by Crippen LogP contribution is -2.32. The zero-order valence-electron chi connectivity index (χ0n) is 15.0. The lowest BCUT2D eigenvalue weighted by atomic mass is 10.2. The van der Waals surface area contributed by atoms with E-state index in [0.29, 0.717) is 32.0 Å². The van der Waals surface area contributed by atoms with Gasteiger partial charge in [-0.1, -0.05) is 12.8 Å². The van der Waals surface area contributed by atoms with E-state index in [-0.39, 0.29) is 11.9 Å². The van der Waals surface area contributed by atoms with Gasteiger partial charge in [-0.3, -0.25) is 19.2 Å². The number of nitrogens with zero attached hydrogens (tertiary/aromatic N) is 3. The molecule has 1 aliphatic heterocycles. The smallest absolute Gasteiger partial charge is 0.319 e. The van der Waals surface area contributed by atoms with E-state index < -0.39 is 0 Å². The number of carbonyl (C=O) groups excluding carboxylic acids is 2. The first kappa shape index (κ1) is 17.9. The summed E-state index contributed by atoms with van der Waals surface area (Å²) in [6.07, 6.45) is 6.77. The number of rotatable bonds is 6. The van der Waals surface area contributed by atoms with Crippen LogP contribution in [0.4, 0.5) is 0 Å². The second kappa shape index (κ2) is 8.47. The van der Waals surface area contributed by atoms with Crippen molar-refractivity contribution in [3.8, 4) is 0 Å². The summed E-state index contributed by atoms with van der Waals surface area (Å²) in [6.45, 7) is 2.70. The van der Waals surface area contributed by atoms with E-state index in [4.69, 9.17) is 4.74 Å². The molecule has 2 heterocycles. The Morgan fingerprint density at radius 1 is 1.28 bits per heavy atom. The maximum absolute atomic E-state index is 12.1. The highest BCUT2D eigenvalue weighted by molar-refractivity contribution is 5.76. The molecule has 1 fully saturated rings. The highest BCUT2D eigenvalue weighted by Gasteiger charge is 2.20. The van der Waals surface area contributed by atoms with E-state index in [2.05, 4.69) is 21.4 Å². The number of esters is 1. The van der Waals surface area contributed by atoms with Gasteiger partial charge in [0, 0.05) is 38.5 Å². The van der Waals surface area contributed by atoms with Crippen molar-refractivity contribution < 1.29 is 14.3 Å². The van der Waals surface area contributed by atoms with Crippen molar-refractivity contribution in [1.29, 1.82) is 0 Å². The fraction of sp³-hybridized carbons (Fsp3) is 0.722. The predicted molar refractivity (Wildman–Crippen MR) is 92.9 cm³/mol. The standard InChI is InChI=1S/C18H28N4O3/c1-25-18(24)13-21-9-4-10-22-16(12-21)11-15(20-22)7-8-17(23)19-14-5-2-3-6-14/h11,14H,2-10,12-13H2,1H3,(H,19,23). The molecule has 0 spiro atoms. The Morgan fingerprint density at radius 2 is 2.08 bits per heavy atom. The Hall–Kier alpha value is -1.89. The summed E-state index contributed by atoms with van der Waals surface area (Å²) in [5.41, 5.74) is 2.06. The molecule has 7 heteroatoms.